The summed E-state index contributed by atoms with van der Waals surface area (Å²) < 4.78 is 0. The standard InChI is InChI=1S/C22H26N6O/c23-15-8-9-17-14(11-15)12-16(13-24-17)25-22(29)28-10-4-3-7-20(28)21-26-18-5-1-2-6-19(18)27-21/h1-2,5-6,12-13,15,20H,3-4,7-11,23H2,(H,25,29)(H,26,27). The van der Waals surface area contributed by atoms with Gasteiger partial charge in [0.15, 0.2) is 0 Å². The first-order chi connectivity index (χ1) is 14.2. The van der Waals surface area contributed by atoms with Gasteiger partial charge in [0.05, 0.1) is 29.0 Å². The number of likely N-dealkylation sites (tertiary alicyclic amines) is 1. The lowest BCUT2D eigenvalue weighted by Gasteiger charge is -2.34. The van der Waals surface area contributed by atoms with Gasteiger partial charge >= 0.3 is 6.03 Å². The zero-order valence-corrected chi connectivity index (χ0v) is 16.4. The third kappa shape index (κ3) is 3.58. The third-order valence-corrected chi connectivity index (χ3v) is 6.03. The number of nitrogens with one attached hydrogen (secondary N) is 2. The summed E-state index contributed by atoms with van der Waals surface area (Å²) in [5, 5.41) is 3.05. The van der Waals surface area contributed by atoms with Crippen LogP contribution in [-0.2, 0) is 12.8 Å². The fourth-order valence-electron chi connectivity index (χ4n) is 4.50. The maximum atomic E-state index is 13.1. The second-order valence-corrected chi connectivity index (χ2v) is 8.11. The van der Waals surface area contributed by atoms with Crippen LogP contribution in [0.15, 0.2) is 36.5 Å². The molecule has 1 fully saturated rings. The van der Waals surface area contributed by atoms with Crippen LogP contribution in [0.1, 0.15) is 48.8 Å². The predicted octanol–water partition coefficient (Wildman–Crippen LogP) is 3.53. The molecule has 2 unspecified atom stereocenters. The number of H-pyrrole nitrogens is 1. The SMILES string of the molecule is NC1CCc2ncc(NC(=O)N3CCCCC3c3nc4ccccc4[nH]3)cc2C1. The monoisotopic (exact) mass is 390 g/mol. The second kappa shape index (κ2) is 7.48. The van der Waals surface area contributed by atoms with Gasteiger partial charge in [-0.25, -0.2) is 9.78 Å². The van der Waals surface area contributed by atoms with Gasteiger partial charge in [-0.3, -0.25) is 4.98 Å². The van der Waals surface area contributed by atoms with E-state index in [-0.39, 0.29) is 18.1 Å². The Morgan fingerprint density at radius 2 is 2.14 bits per heavy atom. The number of aryl methyl sites for hydroxylation is 1. The van der Waals surface area contributed by atoms with Crippen LogP contribution in [0.25, 0.3) is 11.0 Å². The number of benzene rings is 1. The third-order valence-electron chi connectivity index (χ3n) is 6.03. The number of fused-ring (bicyclic) bond motifs is 2. The van der Waals surface area contributed by atoms with Crippen molar-refractivity contribution in [2.75, 3.05) is 11.9 Å². The van der Waals surface area contributed by atoms with Crippen LogP contribution >= 0.6 is 0 Å². The Morgan fingerprint density at radius 3 is 3.03 bits per heavy atom. The van der Waals surface area contributed by atoms with E-state index in [2.05, 4.69) is 15.3 Å². The molecule has 7 nitrogen and oxygen atoms in total. The molecule has 4 N–H and O–H groups in total. The highest BCUT2D eigenvalue weighted by Crippen LogP contribution is 2.31. The first kappa shape index (κ1) is 18.1. The number of aromatic amines is 1. The predicted molar refractivity (Wildman–Crippen MR) is 113 cm³/mol. The minimum absolute atomic E-state index is 0.0461. The molecular formula is C22H26N6O. The van der Waals surface area contributed by atoms with Gasteiger partial charge in [0, 0.05) is 18.3 Å². The molecule has 1 aromatic carbocycles. The van der Waals surface area contributed by atoms with E-state index in [4.69, 9.17) is 10.7 Å². The van der Waals surface area contributed by atoms with E-state index in [0.717, 1.165) is 78.9 Å². The van der Waals surface area contributed by atoms with Crippen molar-refractivity contribution >= 4 is 22.8 Å². The van der Waals surface area contributed by atoms with Crippen molar-refractivity contribution in [3.8, 4) is 0 Å². The molecule has 5 rings (SSSR count). The van der Waals surface area contributed by atoms with Crippen LogP contribution in [0.4, 0.5) is 10.5 Å². The summed E-state index contributed by atoms with van der Waals surface area (Å²) >= 11 is 0. The topological polar surface area (TPSA) is 99.9 Å². The van der Waals surface area contributed by atoms with Crippen molar-refractivity contribution < 1.29 is 4.79 Å². The van der Waals surface area contributed by atoms with Crippen LogP contribution in [0.5, 0.6) is 0 Å². The second-order valence-electron chi connectivity index (χ2n) is 8.11. The number of carbonyl (C=O) groups is 1. The van der Waals surface area contributed by atoms with E-state index in [1.807, 2.05) is 35.2 Å². The summed E-state index contributed by atoms with van der Waals surface area (Å²) in [4.78, 5) is 27.7. The molecule has 1 saturated heterocycles. The summed E-state index contributed by atoms with van der Waals surface area (Å²) in [6.07, 6.45) is 7.45. The number of aromatic nitrogens is 3. The largest absolute Gasteiger partial charge is 0.340 e. The summed E-state index contributed by atoms with van der Waals surface area (Å²) in [5.74, 6) is 0.857. The van der Waals surface area contributed by atoms with E-state index in [1.165, 1.54) is 0 Å². The summed E-state index contributed by atoms with van der Waals surface area (Å²) in [5.41, 5.74) is 11.0. The first-order valence-corrected chi connectivity index (χ1v) is 10.4. The van der Waals surface area contributed by atoms with Crippen LogP contribution < -0.4 is 11.1 Å². The molecule has 2 atom stereocenters. The number of hydrogen-bond donors (Lipinski definition) is 3. The average Bonchev–Trinajstić information content (AvgIpc) is 3.17. The maximum Gasteiger partial charge on any atom is 0.322 e. The van der Waals surface area contributed by atoms with E-state index in [0.29, 0.717) is 0 Å². The lowest BCUT2D eigenvalue weighted by Crippen LogP contribution is -2.41. The number of piperidine rings is 1. The number of pyridine rings is 1. The number of amides is 2. The minimum Gasteiger partial charge on any atom is -0.340 e. The van der Waals surface area contributed by atoms with Crippen molar-refractivity contribution in [2.24, 2.45) is 5.73 Å². The number of rotatable bonds is 2. The molecule has 150 valence electrons. The number of nitrogens with two attached hydrogens (primary N) is 1. The lowest BCUT2D eigenvalue weighted by molar-refractivity contribution is 0.160. The van der Waals surface area contributed by atoms with Gasteiger partial charge in [-0.2, -0.15) is 0 Å². The Labute approximate surface area is 169 Å². The zero-order chi connectivity index (χ0) is 19.8. The Morgan fingerprint density at radius 1 is 1.24 bits per heavy atom. The normalized spacial score (nSPS) is 21.8. The van der Waals surface area contributed by atoms with Crippen molar-refractivity contribution in [1.82, 2.24) is 19.9 Å². The molecule has 3 aromatic rings. The zero-order valence-electron chi connectivity index (χ0n) is 16.4. The van der Waals surface area contributed by atoms with Gasteiger partial charge in [-0.1, -0.05) is 12.1 Å². The molecule has 7 heteroatoms. The van der Waals surface area contributed by atoms with Gasteiger partial charge in [0.2, 0.25) is 0 Å². The maximum absolute atomic E-state index is 13.1. The molecular weight excluding hydrogens is 364 g/mol. The van der Waals surface area contributed by atoms with Crippen molar-refractivity contribution in [1.29, 1.82) is 0 Å². The number of urea groups is 1. The highest BCUT2D eigenvalue weighted by atomic mass is 16.2. The molecule has 1 aliphatic carbocycles. The fourth-order valence-corrected chi connectivity index (χ4v) is 4.50. The molecule has 2 amide bonds. The van der Waals surface area contributed by atoms with Gasteiger partial charge in [-0.05, 0) is 62.3 Å². The average molecular weight is 390 g/mol. The van der Waals surface area contributed by atoms with Gasteiger partial charge in [-0.15, -0.1) is 0 Å². The van der Waals surface area contributed by atoms with Crippen molar-refractivity contribution in [3.63, 3.8) is 0 Å². The highest BCUT2D eigenvalue weighted by Gasteiger charge is 2.30. The Bertz CT molecular complexity index is 1010. The molecule has 0 radical (unpaired) electrons. The van der Waals surface area contributed by atoms with Crippen LogP contribution in [0.2, 0.25) is 0 Å². The van der Waals surface area contributed by atoms with E-state index >= 15 is 0 Å². The Balaban J connectivity index is 1.37. The van der Waals surface area contributed by atoms with E-state index in [1.54, 1.807) is 6.20 Å². The number of hydrogen-bond acceptors (Lipinski definition) is 4. The first-order valence-electron chi connectivity index (χ1n) is 10.4. The molecule has 1 aliphatic heterocycles. The Kier molecular flexibility index (Phi) is 4.67. The molecule has 2 aromatic heterocycles. The van der Waals surface area contributed by atoms with E-state index in [9.17, 15) is 4.79 Å². The number of para-hydroxylation sites is 2. The van der Waals surface area contributed by atoms with Crippen molar-refractivity contribution in [3.05, 3.63) is 53.6 Å². The van der Waals surface area contributed by atoms with Gasteiger partial charge < -0.3 is 20.9 Å². The number of nitrogens with zero attached hydrogens (tertiary/aromatic N) is 3. The van der Waals surface area contributed by atoms with Crippen LogP contribution in [-0.4, -0.2) is 38.5 Å². The number of imidazole rings is 1. The van der Waals surface area contributed by atoms with Gasteiger partial charge in [0.1, 0.15) is 5.82 Å². The molecule has 29 heavy (non-hydrogen) atoms. The lowest BCUT2D eigenvalue weighted by atomic mass is 9.92. The van der Waals surface area contributed by atoms with Crippen LogP contribution in [0.3, 0.4) is 0 Å². The summed E-state index contributed by atoms with van der Waals surface area (Å²) in [7, 11) is 0. The minimum atomic E-state index is -0.1000. The van der Waals surface area contributed by atoms with E-state index < -0.39 is 0 Å². The number of carbonyl (C=O) groups excluding carboxylic acids is 1. The Hall–Kier alpha value is -2.93. The van der Waals surface area contributed by atoms with Crippen LogP contribution in [0, 0.1) is 0 Å². The molecule has 0 saturated carbocycles. The number of anilines is 1. The van der Waals surface area contributed by atoms with Gasteiger partial charge in [0.25, 0.3) is 0 Å². The molecule has 0 spiro atoms. The molecule has 3 heterocycles. The smallest absolute Gasteiger partial charge is 0.322 e. The summed E-state index contributed by atoms with van der Waals surface area (Å²) in [6, 6.07) is 10.0. The molecule has 0 bridgehead atoms. The quantitative estimate of drug-likeness (QED) is 0.623. The van der Waals surface area contributed by atoms with Crippen molar-refractivity contribution in [2.45, 2.75) is 50.6 Å². The summed E-state index contributed by atoms with van der Waals surface area (Å²) in [6.45, 7) is 0.719. The molecule has 2 aliphatic rings. The highest BCUT2D eigenvalue weighted by molar-refractivity contribution is 5.89. The fraction of sp³-hybridized carbons (Fsp3) is 0.409.